The highest BCUT2D eigenvalue weighted by atomic mass is 79.9. The van der Waals surface area contributed by atoms with Crippen LogP contribution in [0.2, 0.25) is 0 Å². The Balaban J connectivity index is 2.74. The number of ether oxygens (including phenoxy) is 1. The number of methoxy groups -OCH3 is 1. The van der Waals surface area contributed by atoms with Crippen molar-refractivity contribution in [1.29, 1.82) is 0 Å². The summed E-state index contributed by atoms with van der Waals surface area (Å²) in [4.78, 5) is 0. The van der Waals surface area contributed by atoms with Crippen LogP contribution in [-0.2, 0) is 0 Å². The molecule has 7 heteroatoms. The molecule has 1 aromatic rings. The van der Waals surface area contributed by atoms with Crippen molar-refractivity contribution >= 4 is 39.5 Å². The predicted octanol–water partition coefficient (Wildman–Crippen LogP) is 2.15. The molecule has 0 aliphatic heterocycles. The molecule has 0 unspecified atom stereocenters. The molecule has 0 amide bonds. The number of benzene rings is 1. The maximum Gasteiger partial charge on any atom is 0.187 e. The SMILES string of the molecule is C=CCNC(=S)N/N=C\c1cc(Br)cc(OC)c1O. The largest absolute Gasteiger partial charge is 0.504 e. The fraction of sp³-hybridized carbons (Fsp3) is 0.167. The molecule has 0 fully saturated rings. The first-order valence-corrected chi connectivity index (χ1v) is 6.53. The van der Waals surface area contributed by atoms with E-state index in [4.69, 9.17) is 17.0 Å². The lowest BCUT2D eigenvalue weighted by molar-refractivity contribution is 0.373. The molecule has 0 saturated heterocycles. The third-order valence-corrected chi connectivity index (χ3v) is 2.76. The summed E-state index contributed by atoms with van der Waals surface area (Å²) >= 11 is 8.28. The van der Waals surface area contributed by atoms with Crippen molar-refractivity contribution in [2.45, 2.75) is 0 Å². The molecule has 3 N–H and O–H groups in total. The molecule has 0 heterocycles. The van der Waals surface area contributed by atoms with Gasteiger partial charge in [0.05, 0.1) is 13.3 Å². The molecule has 0 atom stereocenters. The molecule has 0 saturated carbocycles. The van der Waals surface area contributed by atoms with Gasteiger partial charge in [0.15, 0.2) is 16.6 Å². The van der Waals surface area contributed by atoms with Gasteiger partial charge < -0.3 is 15.2 Å². The highest BCUT2D eigenvalue weighted by molar-refractivity contribution is 9.10. The number of halogens is 1. The predicted molar refractivity (Wildman–Crippen MR) is 83.9 cm³/mol. The number of hydrogen-bond acceptors (Lipinski definition) is 4. The molecule has 0 spiro atoms. The minimum atomic E-state index is 0.0150. The van der Waals surface area contributed by atoms with Gasteiger partial charge in [0.2, 0.25) is 0 Å². The molecular weight excluding hydrogens is 330 g/mol. The lowest BCUT2D eigenvalue weighted by Gasteiger charge is -2.07. The summed E-state index contributed by atoms with van der Waals surface area (Å²) < 4.78 is 5.81. The van der Waals surface area contributed by atoms with Gasteiger partial charge in [0.25, 0.3) is 0 Å². The van der Waals surface area contributed by atoms with Crippen molar-refractivity contribution in [3.8, 4) is 11.5 Å². The van der Waals surface area contributed by atoms with Crippen molar-refractivity contribution < 1.29 is 9.84 Å². The Morgan fingerprint density at radius 2 is 2.37 bits per heavy atom. The first-order chi connectivity index (χ1) is 9.08. The van der Waals surface area contributed by atoms with Gasteiger partial charge in [-0.3, -0.25) is 5.43 Å². The minimum absolute atomic E-state index is 0.0150. The molecule has 1 aromatic carbocycles. The number of nitrogens with zero attached hydrogens (tertiary/aromatic N) is 1. The average Bonchev–Trinajstić information content (AvgIpc) is 2.39. The second kappa shape index (κ2) is 7.75. The molecule has 0 aromatic heterocycles. The van der Waals surface area contributed by atoms with Crippen molar-refractivity contribution in [3.05, 3.63) is 34.8 Å². The van der Waals surface area contributed by atoms with Gasteiger partial charge in [0, 0.05) is 16.6 Å². The lowest BCUT2D eigenvalue weighted by Crippen LogP contribution is -2.31. The summed E-state index contributed by atoms with van der Waals surface area (Å²) in [5.74, 6) is 0.379. The number of phenolic OH excluding ortho intramolecular Hbond substituents is 1. The Bertz CT molecular complexity index is 506. The van der Waals surface area contributed by atoms with Crippen molar-refractivity contribution in [2.75, 3.05) is 13.7 Å². The van der Waals surface area contributed by atoms with Crippen LogP contribution in [-0.4, -0.2) is 30.1 Å². The monoisotopic (exact) mass is 343 g/mol. The van der Waals surface area contributed by atoms with Gasteiger partial charge in [-0.2, -0.15) is 5.10 Å². The van der Waals surface area contributed by atoms with Crippen molar-refractivity contribution in [3.63, 3.8) is 0 Å². The van der Waals surface area contributed by atoms with Crippen LogP contribution in [0.1, 0.15) is 5.56 Å². The number of hydrazone groups is 1. The van der Waals surface area contributed by atoms with E-state index in [0.717, 1.165) is 4.47 Å². The molecule has 0 bridgehead atoms. The summed E-state index contributed by atoms with van der Waals surface area (Å²) in [5.41, 5.74) is 3.13. The van der Waals surface area contributed by atoms with Gasteiger partial charge in [-0.25, -0.2) is 0 Å². The normalized spacial score (nSPS) is 10.2. The summed E-state index contributed by atoms with van der Waals surface area (Å²) in [6, 6.07) is 3.37. The van der Waals surface area contributed by atoms with E-state index in [9.17, 15) is 5.11 Å². The lowest BCUT2D eigenvalue weighted by atomic mass is 10.2. The smallest absolute Gasteiger partial charge is 0.187 e. The van der Waals surface area contributed by atoms with Gasteiger partial charge in [-0.15, -0.1) is 6.58 Å². The Kier molecular flexibility index (Phi) is 6.31. The average molecular weight is 344 g/mol. The van der Waals surface area contributed by atoms with Crippen molar-refractivity contribution in [2.24, 2.45) is 5.10 Å². The quantitative estimate of drug-likeness (QED) is 0.331. The summed E-state index contributed by atoms with van der Waals surface area (Å²) in [5, 5.41) is 17.0. The number of phenols is 1. The Hall–Kier alpha value is -1.60. The topological polar surface area (TPSA) is 65.9 Å². The van der Waals surface area contributed by atoms with Crippen LogP contribution in [0.15, 0.2) is 34.4 Å². The standard InChI is InChI=1S/C12H14BrN3O2S/c1-3-4-14-12(19)16-15-7-8-5-9(13)6-10(18-2)11(8)17/h3,5-7,17H,1,4H2,2H3,(H2,14,16,19)/b15-7-. The molecule has 0 aliphatic carbocycles. The number of hydrogen-bond donors (Lipinski definition) is 3. The molecule has 5 nitrogen and oxygen atoms in total. The van der Waals surface area contributed by atoms with Crippen LogP contribution in [0.3, 0.4) is 0 Å². The number of rotatable bonds is 5. The summed E-state index contributed by atoms with van der Waals surface area (Å²) in [6.45, 7) is 4.11. The molecule has 1 rings (SSSR count). The molecule has 0 radical (unpaired) electrons. The van der Waals surface area contributed by atoms with Gasteiger partial charge >= 0.3 is 0 Å². The second-order valence-corrected chi connectivity index (χ2v) is 4.74. The fourth-order valence-electron chi connectivity index (χ4n) is 1.21. The Morgan fingerprint density at radius 1 is 1.63 bits per heavy atom. The van der Waals surface area contributed by atoms with Crippen LogP contribution in [0.5, 0.6) is 11.5 Å². The van der Waals surface area contributed by atoms with E-state index >= 15 is 0 Å². The summed E-state index contributed by atoms with van der Waals surface area (Å²) in [6.07, 6.45) is 3.13. The Labute approximate surface area is 125 Å². The zero-order valence-electron chi connectivity index (χ0n) is 10.3. The van der Waals surface area contributed by atoms with Gasteiger partial charge in [-0.05, 0) is 24.4 Å². The molecule has 19 heavy (non-hydrogen) atoms. The third-order valence-electron chi connectivity index (χ3n) is 2.07. The van der Waals surface area contributed by atoms with E-state index in [1.54, 1.807) is 18.2 Å². The van der Waals surface area contributed by atoms with Gasteiger partial charge in [0.1, 0.15) is 0 Å². The highest BCUT2D eigenvalue weighted by Crippen LogP contribution is 2.32. The number of nitrogens with one attached hydrogen (secondary N) is 2. The van der Waals surface area contributed by atoms with E-state index in [0.29, 0.717) is 23.0 Å². The van der Waals surface area contributed by atoms with E-state index in [2.05, 4.69) is 38.4 Å². The van der Waals surface area contributed by atoms with Crippen LogP contribution in [0.4, 0.5) is 0 Å². The molecular formula is C12H14BrN3O2S. The van der Waals surface area contributed by atoms with Gasteiger partial charge in [-0.1, -0.05) is 22.0 Å². The number of aromatic hydroxyl groups is 1. The highest BCUT2D eigenvalue weighted by Gasteiger charge is 2.07. The zero-order chi connectivity index (χ0) is 14.3. The third kappa shape index (κ3) is 4.88. The number of thiocarbonyl (C=S) groups is 1. The molecule has 102 valence electrons. The van der Waals surface area contributed by atoms with E-state index in [1.165, 1.54) is 13.3 Å². The van der Waals surface area contributed by atoms with Crippen molar-refractivity contribution in [1.82, 2.24) is 10.7 Å². The van der Waals surface area contributed by atoms with Crippen LogP contribution >= 0.6 is 28.1 Å². The summed E-state index contributed by atoms with van der Waals surface area (Å²) in [7, 11) is 1.48. The first-order valence-electron chi connectivity index (χ1n) is 5.32. The first kappa shape index (κ1) is 15.5. The van der Waals surface area contributed by atoms with Crippen LogP contribution < -0.4 is 15.5 Å². The maximum atomic E-state index is 9.89. The van der Waals surface area contributed by atoms with E-state index in [-0.39, 0.29) is 5.75 Å². The van der Waals surface area contributed by atoms with Crippen LogP contribution in [0.25, 0.3) is 0 Å². The maximum absolute atomic E-state index is 9.89. The van der Waals surface area contributed by atoms with E-state index < -0.39 is 0 Å². The zero-order valence-corrected chi connectivity index (χ0v) is 12.7. The van der Waals surface area contributed by atoms with E-state index in [1.807, 2.05) is 0 Å². The fourth-order valence-corrected chi connectivity index (χ4v) is 1.80. The minimum Gasteiger partial charge on any atom is -0.504 e. The Morgan fingerprint density at radius 3 is 3.00 bits per heavy atom. The molecule has 0 aliphatic rings. The second-order valence-electron chi connectivity index (χ2n) is 3.41. The van der Waals surface area contributed by atoms with Crippen LogP contribution in [0, 0.1) is 0 Å².